The Bertz CT molecular complexity index is 4960. The smallest absolute Gasteiger partial charge is 0.00201 e. The monoisotopic (exact) mass is 1040 g/mol. The van der Waals surface area contributed by atoms with E-state index in [4.69, 9.17) is 0 Å². The summed E-state index contributed by atoms with van der Waals surface area (Å²) in [7, 11) is 0. The molecule has 0 aromatic heterocycles. The maximum atomic E-state index is 2.36. The van der Waals surface area contributed by atoms with Gasteiger partial charge < -0.3 is 0 Å². The van der Waals surface area contributed by atoms with Gasteiger partial charge in [0.05, 0.1) is 0 Å². The predicted molar refractivity (Wildman–Crippen MR) is 353 cm³/mol. The number of rotatable bonds is 7. The highest BCUT2D eigenvalue weighted by Crippen LogP contribution is 2.47. The molecule has 0 atom stereocenters. The van der Waals surface area contributed by atoms with Gasteiger partial charge in [-0.1, -0.05) is 303 Å². The maximum Gasteiger partial charge on any atom is -0.00201 e. The average molecular weight is 1040 g/mol. The van der Waals surface area contributed by atoms with Crippen molar-refractivity contribution < 1.29 is 0 Å². The Morgan fingerprint density at radius 2 is 0.402 bits per heavy atom. The topological polar surface area (TPSA) is 0 Å². The van der Waals surface area contributed by atoms with Gasteiger partial charge in [-0.3, -0.25) is 0 Å². The Kier molecular flexibility index (Phi) is 12.3. The number of fused-ring (bicyclic) bond motifs is 7. The second-order valence-electron chi connectivity index (χ2n) is 21.4. The standard InChI is InChI=1S/C42H28.C40H26/c1-2-12-32(13-3-1)41-37-17-6-8-19-39(37)42(40-20-9-7-18-38(40)41)36-16-10-15-34(28-36)30-21-23-31(24-22-30)35-26-25-29-11-4-5-14-33(29)27-35;1-2-13-29-25-31(24-23-27(29)11-1)30-15-9-16-32(26-30)39-35-18-5-7-20-37(35)40(38-21-8-6-19-36(38)39)34-22-10-14-28-12-3-4-17-33(28)34/h1-28H;1-26H. The van der Waals surface area contributed by atoms with E-state index in [0.717, 1.165) is 0 Å². The number of hydrogen-bond donors (Lipinski definition) is 0. The van der Waals surface area contributed by atoms with E-state index in [1.54, 1.807) is 0 Å². The van der Waals surface area contributed by atoms with Crippen LogP contribution >= 0.6 is 0 Å². The van der Waals surface area contributed by atoms with Crippen LogP contribution in [-0.4, -0.2) is 0 Å². The van der Waals surface area contributed by atoms with Crippen LogP contribution in [0.5, 0.6) is 0 Å². The molecular formula is C82H54. The summed E-state index contributed by atoms with van der Waals surface area (Å²) in [5.74, 6) is 0. The molecule has 0 bridgehead atoms. The molecule has 16 aromatic rings. The van der Waals surface area contributed by atoms with Gasteiger partial charge >= 0.3 is 0 Å². The minimum Gasteiger partial charge on any atom is -0.0622 e. The first-order valence-corrected chi connectivity index (χ1v) is 28.4. The quantitative estimate of drug-likeness (QED) is 0.140. The van der Waals surface area contributed by atoms with Gasteiger partial charge in [-0.25, -0.2) is 0 Å². The zero-order chi connectivity index (χ0) is 54.3. The molecule has 0 N–H and O–H groups in total. The Morgan fingerprint density at radius 1 is 0.122 bits per heavy atom. The Labute approximate surface area is 478 Å². The van der Waals surface area contributed by atoms with Crippen molar-refractivity contribution in [3.8, 4) is 77.9 Å². The van der Waals surface area contributed by atoms with Crippen LogP contribution in [0.3, 0.4) is 0 Å². The molecule has 0 radical (unpaired) electrons. The Balaban J connectivity index is 0.000000141. The highest BCUT2D eigenvalue weighted by Gasteiger charge is 2.20. The van der Waals surface area contributed by atoms with Crippen LogP contribution in [0.15, 0.2) is 328 Å². The van der Waals surface area contributed by atoms with Crippen LogP contribution in [-0.2, 0) is 0 Å². The molecule has 0 fully saturated rings. The minimum absolute atomic E-state index is 1.22. The molecule has 382 valence electrons. The van der Waals surface area contributed by atoms with Crippen molar-refractivity contribution in [2.45, 2.75) is 0 Å². The van der Waals surface area contributed by atoms with Crippen molar-refractivity contribution in [3.05, 3.63) is 328 Å². The van der Waals surface area contributed by atoms with Crippen molar-refractivity contribution in [2.24, 2.45) is 0 Å². The maximum absolute atomic E-state index is 2.36. The van der Waals surface area contributed by atoms with E-state index in [0.29, 0.717) is 0 Å². The first-order chi connectivity index (χ1) is 40.7. The van der Waals surface area contributed by atoms with Crippen molar-refractivity contribution in [1.82, 2.24) is 0 Å². The number of hydrogen-bond acceptors (Lipinski definition) is 0. The predicted octanol–water partition coefficient (Wildman–Crippen LogP) is 23.1. The molecule has 0 spiro atoms. The average Bonchev–Trinajstić information content (AvgIpc) is 3.38. The molecule has 0 aliphatic carbocycles. The van der Waals surface area contributed by atoms with Gasteiger partial charge in [0.25, 0.3) is 0 Å². The zero-order valence-electron chi connectivity index (χ0n) is 45.2. The molecule has 0 saturated carbocycles. The normalized spacial score (nSPS) is 11.4. The summed E-state index contributed by atoms with van der Waals surface area (Å²) in [5, 5.41) is 17.8. The zero-order valence-corrected chi connectivity index (χ0v) is 45.2. The van der Waals surface area contributed by atoms with Gasteiger partial charge in [0.1, 0.15) is 0 Å². The molecule has 16 rings (SSSR count). The number of benzene rings is 16. The molecule has 0 aliphatic heterocycles. The third-order valence-corrected chi connectivity index (χ3v) is 16.7. The first kappa shape index (κ1) is 48.5. The van der Waals surface area contributed by atoms with Crippen molar-refractivity contribution in [1.29, 1.82) is 0 Å². The van der Waals surface area contributed by atoms with Crippen LogP contribution in [0.1, 0.15) is 0 Å². The van der Waals surface area contributed by atoms with Gasteiger partial charge in [-0.2, -0.15) is 0 Å². The summed E-state index contributed by atoms with van der Waals surface area (Å²) in [4.78, 5) is 0. The molecule has 0 heteroatoms. The molecular weight excluding hydrogens is 985 g/mol. The lowest BCUT2D eigenvalue weighted by molar-refractivity contribution is 1.59. The van der Waals surface area contributed by atoms with E-state index in [1.165, 1.54) is 153 Å². The van der Waals surface area contributed by atoms with Crippen LogP contribution in [0.25, 0.3) is 153 Å². The van der Waals surface area contributed by atoms with E-state index in [9.17, 15) is 0 Å². The van der Waals surface area contributed by atoms with E-state index in [2.05, 4.69) is 328 Å². The fourth-order valence-corrected chi connectivity index (χ4v) is 12.8. The second kappa shape index (κ2) is 20.9. The van der Waals surface area contributed by atoms with Crippen LogP contribution in [0.4, 0.5) is 0 Å². The molecule has 82 heavy (non-hydrogen) atoms. The summed E-state index contributed by atoms with van der Waals surface area (Å²) < 4.78 is 0. The second-order valence-corrected chi connectivity index (χ2v) is 21.4. The molecule has 0 nitrogen and oxygen atoms in total. The van der Waals surface area contributed by atoms with Crippen molar-refractivity contribution >= 4 is 75.4 Å². The highest BCUT2D eigenvalue weighted by molar-refractivity contribution is 6.24. The SMILES string of the molecule is c1cc(-c2ccc3ccccc3c2)cc(-c2c3ccccc3c(-c3cccc4ccccc34)c3ccccc23)c1.c1ccc(-c2c3ccccc3c(-c3cccc(-c4ccc(-c5ccc6ccccc6c5)cc4)c3)c3ccccc23)cc1. The molecule has 0 aliphatic rings. The lowest BCUT2D eigenvalue weighted by Crippen LogP contribution is -1.92. The first-order valence-electron chi connectivity index (χ1n) is 28.4. The lowest BCUT2D eigenvalue weighted by Gasteiger charge is -2.19. The van der Waals surface area contributed by atoms with Gasteiger partial charge in [0, 0.05) is 0 Å². The van der Waals surface area contributed by atoms with Crippen LogP contribution in [0, 0.1) is 0 Å². The van der Waals surface area contributed by atoms with Gasteiger partial charge in [-0.15, -0.1) is 0 Å². The summed E-state index contributed by atoms with van der Waals surface area (Å²) in [6.45, 7) is 0. The molecule has 0 amide bonds. The Morgan fingerprint density at radius 3 is 0.866 bits per heavy atom. The summed E-state index contributed by atoms with van der Waals surface area (Å²) in [6.07, 6.45) is 0. The third kappa shape index (κ3) is 8.75. The molecule has 0 saturated heterocycles. The van der Waals surface area contributed by atoms with Crippen molar-refractivity contribution in [3.63, 3.8) is 0 Å². The van der Waals surface area contributed by atoms with Crippen LogP contribution in [0.2, 0.25) is 0 Å². The van der Waals surface area contributed by atoms with E-state index < -0.39 is 0 Å². The van der Waals surface area contributed by atoms with Gasteiger partial charge in [0.15, 0.2) is 0 Å². The largest absolute Gasteiger partial charge is 0.0622 e. The Hall–Kier alpha value is -10.7. The highest BCUT2D eigenvalue weighted by atomic mass is 14.2. The minimum atomic E-state index is 1.22. The summed E-state index contributed by atoms with van der Waals surface area (Å²) in [6, 6.07) is 119. The lowest BCUT2D eigenvalue weighted by atomic mass is 9.84. The molecule has 16 aromatic carbocycles. The third-order valence-electron chi connectivity index (χ3n) is 16.7. The van der Waals surface area contributed by atoms with E-state index in [-0.39, 0.29) is 0 Å². The van der Waals surface area contributed by atoms with E-state index >= 15 is 0 Å². The molecule has 0 unspecified atom stereocenters. The van der Waals surface area contributed by atoms with Crippen molar-refractivity contribution in [2.75, 3.05) is 0 Å². The fourth-order valence-electron chi connectivity index (χ4n) is 12.8. The fraction of sp³-hybridized carbons (Fsp3) is 0. The van der Waals surface area contributed by atoms with Crippen LogP contribution < -0.4 is 0 Å². The van der Waals surface area contributed by atoms with Gasteiger partial charge in [-0.05, 0) is 178 Å². The van der Waals surface area contributed by atoms with E-state index in [1.807, 2.05) is 0 Å². The molecule has 0 heterocycles. The summed E-state index contributed by atoms with van der Waals surface area (Å²) >= 11 is 0. The van der Waals surface area contributed by atoms with Gasteiger partial charge in [0.2, 0.25) is 0 Å². The summed E-state index contributed by atoms with van der Waals surface area (Å²) in [5.41, 5.74) is 17.6.